The third kappa shape index (κ3) is 6.06. The number of methoxy groups -OCH3 is 5. The lowest BCUT2D eigenvalue weighted by molar-refractivity contribution is -0.138. The maximum atomic E-state index is 14.2. The predicted molar refractivity (Wildman–Crippen MR) is 181 cm³/mol. The van der Waals surface area contributed by atoms with E-state index in [0.29, 0.717) is 27.5 Å². The number of ether oxygens (including phenoxy) is 6. The molecular weight excluding hydrogens is 702 g/mol. The van der Waals surface area contributed by atoms with Crippen molar-refractivity contribution >= 4 is 76.3 Å². The van der Waals surface area contributed by atoms with Crippen LogP contribution in [0.25, 0.3) is 5.57 Å². The second-order valence-corrected chi connectivity index (χ2v) is 14.6. The van der Waals surface area contributed by atoms with Crippen LogP contribution in [0.15, 0.2) is 67.7 Å². The summed E-state index contributed by atoms with van der Waals surface area (Å²) in [6.07, 6.45) is 0. The van der Waals surface area contributed by atoms with Crippen LogP contribution < -0.4 is 14.4 Å². The highest BCUT2D eigenvalue weighted by Crippen LogP contribution is 2.71. The first-order valence-corrected chi connectivity index (χ1v) is 16.8. The van der Waals surface area contributed by atoms with Gasteiger partial charge in [-0.3, -0.25) is 9.69 Å². The summed E-state index contributed by atoms with van der Waals surface area (Å²) in [4.78, 5) is 69.2. The quantitative estimate of drug-likeness (QED) is 0.270. The van der Waals surface area contributed by atoms with Gasteiger partial charge >= 0.3 is 23.9 Å². The highest BCUT2D eigenvalue weighted by atomic mass is 32.2. The van der Waals surface area contributed by atoms with Crippen LogP contribution in [0.1, 0.15) is 19.4 Å². The third-order valence-corrected chi connectivity index (χ3v) is 12.4. The van der Waals surface area contributed by atoms with E-state index in [0.717, 1.165) is 63.7 Å². The Kier molecular flexibility index (Phi) is 10.1. The molecule has 16 heteroatoms. The minimum absolute atomic E-state index is 0.164. The number of fused-ring (bicyclic) bond motifs is 3. The van der Waals surface area contributed by atoms with Gasteiger partial charge in [-0.1, -0.05) is 35.3 Å². The van der Waals surface area contributed by atoms with Crippen molar-refractivity contribution in [3.8, 4) is 11.5 Å². The zero-order valence-electron chi connectivity index (χ0n) is 27.3. The van der Waals surface area contributed by atoms with Crippen molar-refractivity contribution in [1.29, 1.82) is 0 Å². The number of anilines is 1. The molecule has 3 aliphatic heterocycles. The Morgan fingerprint density at radius 3 is 1.80 bits per heavy atom. The predicted octanol–water partition coefficient (Wildman–Crippen LogP) is 4.83. The average Bonchev–Trinajstić information content (AvgIpc) is 3.49. The molecule has 12 nitrogen and oxygen atoms in total. The Morgan fingerprint density at radius 1 is 0.735 bits per heavy atom. The summed E-state index contributed by atoms with van der Waals surface area (Å²) in [6.45, 7) is 3.01. The highest BCUT2D eigenvalue weighted by Gasteiger charge is 2.61. The molecular formula is C33H30FNO11S3. The van der Waals surface area contributed by atoms with Crippen molar-refractivity contribution < 1.29 is 56.8 Å². The van der Waals surface area contributed by atoms with Gasteiger partial charge in [0.1, 0.15) is 36.1 Å². The van der Waals surface area contributed by atoms with Crippen LogP contribution in [0.3, 0.4) is 0 Å². The molecule has 3 heterocycles. The van der Waals surface area contributed by atoms with Gasteiger partial charge in [-0.2, -0.15) is 0 Å². The van der Waals surface area contributed by atoms with E-state index in [1.165, 1.54) is 36.3 Å². The van der Waals surface area contributed by atoms with Crippen molar-refractivity contribution in [3.63, 3.8) is 0 Å². The summed E-state index contributed by atoms with van der Waals surface area (Å²) in [5.41, 5.74) is -0.311. The van der Waals surface area contributed by atoms with Crippen LogP contribution in [0.2, 0.25) is 0 Å². The normalized spacial score (nSPS) is 17.3. The molecule has 1 amide bonds. The molecule has 49 heavy (non-hydrogen) atoms. The molecule has 0 bridgehead atoms. The summed E-state index contributed by atoms with van der Waals surface area (Å²) >= 11 is 2.55. The van der Waals surface area contributed by atoms with Crippen molar-refractivity contribution in [2.75, 3.05) is 47.1 Å². The highest BCUT2D eigenvalue weighted by molar-refractivity contribution is 8.26. The van der Waals surface area contributed by atoms with E-state index >= 15 is 0 Å². The van der Waals surface area contributed by atoms with Gasteiger partial charge in [0, 0.05) is 22.1 Å². The molecule has 5 rings (SSSR count). The van der Waals surface area contributed by atoms with Crippen LogP contribution in [0, 0.1) is 5.82 Å². The van der Waals surface area contributed by atoms with Crippen LogP contribution >= 0.6 is 35.3 Å². The fraction of sp³-hybridized carbons (Fsp3) is 0.303. The van der Waals surface area contributed by atoms with E-state index in [1.807, 2.05) is 0 Å². The standard InChI is InChI=1S/C33H30FNO11S3/c1-32(2)27-22(19-13-12-18(41-3)14-20(19)35(32)21(36)15-46-17-10-8-16(34)9-11-17)33(23(28(37)42-4)24(47-27)29(38)43-5)48-25(30(39)44-6)26(49-33)31(40)45-7/h8-14H,15H2,1-7H3. The van der Waals surface area contributed by atoms with E-state index in [2.05, 4.69) is 0 Å². The number of benzene rings is 2. The molecule has 0 aromatic heterocycles. The molecule has 258 valence electrons. The number of esters is 4. The molecule has 1 spiro atoms. The van der Waals surface area contributed by atoms with Gasteiger partial charge in [0.25, 0.3) is 5.91 Å². The van der Waals surface area contributed by atoms with Crippen LogP contribution in [-0.2, 0) is 42.9 Å². The van der Waals surface area contributed by atoms with Gasteiger partial charge in [-0.25, -0.2) is 23.6 Å². The zero-order chi connectivity index (χ0) is 35.8. The lowest BCUT2D eigenvalue weighted by Crippen LogP contribution is -2.55. The molecule has 2 aromatic rings. The number of rotatable bonds is 8. The first kappa shape index (κ1) is 35.9. The number of halogens is 1. The maximum Gasteiger partial charge on any atom is 0.345 e. The molecule has 2 aromatic carbocycles. The topological polar surface area (TPSA) is 144 Å². The number of carbonyl (C=O) groups is 5. The van der Waals surface area contributed by atoms with Crippen LogP contribution in [0.5, 0.6) is 11.5 Å². The number of nitrogens with zero attached hydrogens (tertiary/aromatic N) is 1. The lowest BCUT2D eigenvalue weighted by Gasteiger charge is -2.50. The fourth-order valence-corrected chi connectivity index (χ4v) is 10.7. The molecule has 0 radical (unpaired) electrons. The molecule has 3 aliphatic rings. The van der Waals surface area contributed by atoms with Gasteiger partial charge in [0.15, 0.2) is 6.61 Å². The van der Waals surface area contributed by atoms with E-state index < -0.39 is 51.8 Å². The minimum atomic E-state index is -1.73. The summed E-state index contributed by atoms with van der Waals surface area (Å²) in [7, 11) is 6.02. The fourth-order valence-electron chi connectivity index (χ4n) is 5.61. The molecule has 0 N–H and O–H groups in total. The van der Waals surface area contributed by atoms with Gasteiger partial charge in [0.2, 0.25) is 0 Å². The van der Waals surface area contributed by atoms with E-state index in [1.54, 1.807) is 32.0 Å². The molecule has 0 unspecified atom stereocenters. The van der Waals surface area contributed by atoms with Gasteiger partial charge in [-0.15, -0.1) is 0 Å². The summed E-state index contributed by atoms with van der Waals surface area (Å²) < 4.78 is 43.4. The Labute approximate surface area is 293 Å². The average molecular weight is 732 g/mol. The maximum absolute atomic E-state index is 14.2. The Balaban J connectivity index is 1.79. The first-order valence-electron chi connectivity index (χ1n) is 14.3. The van der Waals surface area contributed by atoms with E-state index in [-0.39, 0.29) is 26.0 Å². The number of hydrogen-bond donors (Lipinski definition) is 0. The zero-order valence-corrected chi connectivity index (χ0v) is 29.7. The molecule has 0 saturated carbocycles. The summed E-state index contributed by atoms with van der Waals surface area (Å²) in [5, 5.41) is 0. The third-order valence-electron chi connectivity index (χ3n) is 7.77. The van der Waals surface area contributed by atoms with Gasteiger partial charge < -0.3 is 28.4 Å². The second-order valence-electron chi connectivity index (χ2n) is 10.9. The lowest BCUT2D eigenvalue weighted by atomic mass is 9.83. The van der Waals surface area contributed by atoms with Gasteiger partial charge in [0.05, 0.1) is 52.3 Å². The number of amides is 1. The van der Waals surface area contributed by atoms with Crippen LogP contribution in [-0.4, -0.2) is 81.6 Å². The van der Waals surface area contributed by atoms with Crippen molar-refractivity contribution in [3.05, 3.63) is 79.0 Å². The smallest absolute Gasteiger partial charge is 0.345 e. The number of thioether (sulfide) groups is 3. The van der Waals surface area contributed by atoms with E-state index in [4.69, 9.17) is 28.4 Å². The van der Waals surface area contributed by atoms with E-state index in [9.17, 15) is 28.4 Å². The monoisotopic (exact) mass is 731 g/mol. The molecule has 0 fully saturated rings. The first-order chi connectivity index (χ1) is 23.3. The molecule has 0 aliphatic carbocycles. The Hall–Kier alpha value is -4.41. The van der Waals surface area contributed by atoms with Crippen LogP contribution in [0.4, 0.5) is 10.1 Å². The largest absolute Gasteiger partial charge is 0.497 e. The number of carbonyl (C=O) groups excluding carboxylic acids is 5. The molecule has 0 saturated heterocycles. The SMILES string of the molecule is COC(=O)C1=C(C(=O)OC)SC2(S1)C(C(=O)OC)=C(C(=O)OC)SC1=C2c2ccc(OC)cc2N(C(=O)COc2ccc(F)cc2)C1(C)C. The Bertz CT molecular complexity index is 1840. The summed E-state index contributed by atoms with van der Waals surface area (Å²) in [5.74, 6) is -3.90. The summed E-state index contributed by atoms with van der Waals surface area (Å²) in [6, 6.07) is 10.1. The van der Waals surface area contributed by atoms with Crippen molar-refractivity contribution in [2.24, 2.45) is 0 Å². The second kappa shape index (κ2) is 13.8. The van der Waals surface area contributed by atoms with Crippen molar-refractivity contribution in [1.82, 2.24) is 0 Å². The minimum Gasteiger partial charge on any atom is -0.497 e. The number of hydrogen-bond acceptors (Lipinski definition) is 14. The Morgan fingerprint density at radius 2 is 1.27 bits per heavy atom. The van der Waals surface area contributed by atoms with Crippen molar-refractivity contribution in [2.45, 2.75) is 23.5 Å². The molecule has 0 atom stereocenters. The van der Waals surface area contributed by atoms with Gasteiger partial charge in [-0.05, 0) is 50.2 Å².